The maximum atomic E-state index is 10.7. The predicted octanol–water partition coefficient (Wildman–Crippen LogP) is 0.281. The Labute approximate surface area is 294 Å². The number of nitrogens with one attached hydrogen (secondary N) is 6. The standard InChI is InChI=1S/C27H45N21O3/c1-7-28-16-34-17(29-8-2)38-22(37-16)46(13-49)25-43-26(47(14-50)23-39-18(30-9-3)35-19(40-23)31-10-4)45-27(44-25)48(15-51)24-41-20(32-11-5)36-21(42-24)33-12-6/h49-51H,7-15H2,1-6H3,(H2,28,29,34,37,38)(H2,30,31,35,39,40)(H2,32,33,36,41,42). The molecule has 0 unspecified atom stereocenters. The minimum Gasteiger partial charge on any atom is -0.376 e. The van der Waals surface area contributed by atoms with Gasteiger partial charge in [-0.3, -0.25) is 14.7 Å². The number of anilines is 12. The molecule has 9 N–H and O–H groups in total. The minimum atomic E-state index is -0.704. The van der Waals surface area contributed by atoms with E-state index in [0.29, 0.717) is 39.3 Å². The van der Waals surface area contributed by atoms with E-state index in [1.54, 1.807) is 0 Å². The minimum absolute atomic E-state index is 0.0263. The third-order valence-electron chi connectivity index (χ3n) is 6.35. The van der Waals surface area contributed by atoms with E-state index in [9.17, 15) is 15.3 Å². The van der Waals surface area contributed by atoms with E-state index in [4.69, 9.17) is 0 Å². The van der Waals surface area contributed by atoms with Crippen molar-refractivity contribution in [1.82, 2.24) is 59.8 Å². The lowest BCUT2D eigenvalue weighted by Gasteiger charge is -2.25. The van der Waals surface area contributed by atoms with Gasteiger partial charge in [0.1, 0.15) is 20.2 Å². The van der Waals surface area contributed by atoms with Crippen LogP contribution in [0.1, 0.15) is 41.5 Å². The zero-order valence-electron chi connectivity index (χ0n) is 29.4. The van der Waals surface area contributed by atoms with Crippen LogP contribution >= 0.6 is 0 Å². The lowest BCUT2D eigenvalue weighted by molar-refractivity contribution is 0.296. The molecule has 0 saturated heterocycles. The number of nitrogens with zero attached hydrogens (tertiary/aromatic N) is 15. The molecule has 0 radical (unpaired) electrons. The SMILES string of the molecule is CCNc1nc(NCC)nc(N(CO)c2nc(N(CO)c3nc(NCC)nc(NCC)n3)nc(N(CO)c3nc(NCC)nc(NCC)n3)n2)n1. The van der Waals surface area contributed by atoms with Crippen molar-refractivity contribution < 1.29 is 15.3 Å². The van der Waals surface area contributed by atoms with Crippen LogP contribution in [-0.4, -0.2) is 135 Å². The van der Waals surface area contributed by atoms with Crippen LogP contribution in [0.25, 0.3) is 0 Å². The van der Waals surface area contributed by atoms with E-state index in [2.05, 4.69) is 91.7 Å². The molecule has 0 aliphatic carbocycles. The first-order valence-electron chi connectivity index (χ1n) is 16.5. The molecule has 0 aromatic carbocycles. The van der Waals surface area contributed by atoms with Gasteiger partial charge < -0.3 is 47.2 Å². The molecule has 4 aromatic heterocycles. The first-order chi connectivity index (χ1) is 24.8. The van der Waals surface area contributed by atoms with Gasteiger partial charge in [-0.1, -0.05) is 0 Å². The molecule has 4 aromatic rings. The number of aliphatic hydroxyl groups is 3. The molecule has 0 aliphatic rings. The molecule has 51 heavy (non-hydrogen) atoms. The number of rotatable bonds is 21. The van der Waals surface area contributed by atoms with E-state index in [1.807, 2.05) is 41.5 Å². The Morgan fingerprint density at radius 3 is 0.647 bits per heavy atom. The highest BCUT2D eigenvalue weighted by Crippen LogP contribution is 2.29. The summed E-state index contributed by atoms with van der Waals surface area (Å²) in [6.07, 6.45) is 0. The molecule has 24 heteroatoms. The second kappa shape index (κ2) is 18.8. The second-order valence-corrected chi connectivity index (χ2v) is 9.97. The summed E-state index contributed by atoms with van der Waals surface area (Å²) >= 11 is 0. The van der Waals surface area contributed by atoms with Crippen LogP contribution in [0.2, 0.25) is 0 Å². The van der Waals surface area contributed by atoms with Gasteiger partial charge in [-0.15, -0.1) is 0 Å². The van der Waals surface area contributed by atoms with Crippen molar-refractivity contribution in [3.63, 3.8) is 0 Å². The Morgan fingerprint density at radius 1 is 0.314 bits per heavy atom. The van der Waals surface area contributed by atoms with Crippen molar-refractivity contribution in [2.24, 2.45) is 0 Å². The van der Waals surface area contributed by atoms with Crippen molar-refractivity contribution in [2.75, 3.05) is 106 Å². The average molecular weight is 712 g/mol. The maximum Gasteiger partial charge on any atom is 0.240 e. The lowest BCUT2D eigenvalue weighted by Crippen LogP contribution is -2.31. The molecule has 24 nitrogen and oxygen atoms in total. The van der Waals surface area contributed by atoms with Crippen molar-refractivity contribution in [2.45, 2.75) is 41.5 Å². The smallest absolute Gasteiger partial charge is 0.240 e. The summed E-state index contributed by atoms with van der Waals surface area (Å²) in [5, 5.41) is 50.4. The average Bonchev–Trinajstić information content (AvgIpc) is 3.10. The molecular formula is C27H45N21O3. The number of aliphatic hydroxyl groups excluding tert-OH is 3. The van der Waals surface area contributed by atoms with Crippen LogP contribution in [-0.2, 0) is 0 Å². The second-order valence-electron chi connectivity index (χ2n) is 9.97. The zero-order chi connectivity index (χ0) is 36.8. The Bertz CT molecular complexity index is 1420. The van der Waals surface area contributed by atoms with Crippen LogP contribution < -0.4 is 46.6 Å². The van der Waals surface area contributed by atoms with Gasteiger partial charge in [-0.25, -0.2) is 0 Å². The molecule has 0 saturated carbocycles. The Balaban J connectivity index is 1.98. The molecule has 0 spiro atoms. The summed E-state index contributed by atoms with van der Waals surface area (Å²) < 4.78 is 0. The van der Waals surface area contributed by atoms with E-state index in [1.165, 1.54) is 14.7 Å². The van der Waals surface area contributed by atoms with Crippen LogP contribution in [0, 0.1) is 0 Å². The Morgan fingerprint density at radius 2 is 0.490 bits per heavy atom. The molecule has 0 atom stereocenters. The monoisotopic (exact) mass is 711 g/mol. The molecule has 4 heterocycles. The number of hydrogen-bond donors (Lipinski definition) is 9. The quantitative estimate of drug-likeness (QED) is 0.0524. The molecule has 0 amide bonds. The maximum absolute atomic E-state index is 10.7. The summed E-state index contributed by atoms with van der Waals surface area (Å²) in [6.45, 7) is 12.2. The topological polar surface area (TPSA) is 297 Å². The van der Waals surface area contributed by atoms with Gasteiger partial charge in [0.25, 0.3) is 0 Å². The van der Waals surface area contributed by atoms with Gasteiger partial charge in [0.2, 0.25) is 71.4 Å². The summed E-state index contributed by atoms with van der Waals surface area (Å²) in [4.78, 5) is 57.1. The molecule has 0 aliphatic heterocycles. The number of hydrogen-bond acceptors (Lipinski definition) is 24. The fourth-order valence-electron chi connectivity index (χ4n) is 4.23. The normalized spacial score (nSPS) is 10.8. The van der Waals surface area contributed by atoms with E-state index in [-0.39, 0.29) is 71.4 Å². The Kier molecular flexibility index (Phi) is 14.0. The van der Waals surface area contributed by atoms with Crippen molar-refractivity contribution in [1.29, 1.82) is 0 Å². The zero-order valence-corrected chi connectivity index (χ0v) is 29.4. The van der Waals surface area contributed by atoms with Crippen LogP contribution in [0.3, 0.4) is 0 Å². The molecule has 0 fully saturated rings. The Hall–Kier alpha value is -5.88. The van der Waals surface area contributed by atoms with Crippen LogP contribution in [0.4, 0.5) is 71.4 Å². The summed E-state index contributed by atoms with van der Waals surface area (Å²) in [7, 11) is 0. The van der Waals surface area contributed by atoms with E-state index in [0.717, 1.165) is 0 Å². The first kappa shape index (κ1) is 37.9. The fraction of sp³-hybridized carbons (Fsp3) is 0.556. The summed E-state index contributed by atoms with van der Waals surface area (Å²) in [5.41, 5.74) is 0. The predicted molar refractivity (Wildman–Crippen MR) is 192 cm³/mol. The van der Waals surface area contributed by atoms with Gasteiger partial charge in [0.05, 0.1) is 0 Å². The molecule has 4 rings (SSSR count). The molecule has 0 bridgehead atoms. The fourth-order valence-corrected chi connectivity index (χ4v) is 4.23. The van der Waals surface area contributed by atoms with Crippen LogP contribution in [0.15, 0.2) is 0 Å². The van der Waals surface area contributed by atoms with Gasteiger partial charge in [0, 0.05) is 39.3 Å². The third-order valence-corrected chi connectivity index (χ3v) is 6.35. The highest BCUT2D eigenvalue weighted by atomic mass is 16.3. The van der Waals surface area contributed by atoms with Crippen molar-refractivity contribution in [3.8, 4) is 0 Å². The van der Waals surface area contributed by atoms with Crippen molar-refractivity contribution >= 4 is 71.4 Å². The molecular weight excluding hydrogens is 666 g/mol. The van der Waals surface area contributed by atoms with Gasteiger partial charge in [-0.2, -0.15) is 59.8 Å². The van der Waals surface area contributed by atoms with Crippen LogP contribution in [0.5, 0.6) is 0 Å². The van der Waals surface area contributed by atoms with E-state index < -0.39 is 20.2 Å². The highest BCUT2D eigenvalue weighted by molar-refractivity contribution is 5.62. The summed E-state index contributed by atoms with van der Waals surface area (Å²) in [6, 6.07) is 0. The van der Waals surface area contributed by atoms with Gasteiger partial charge >= 0.3 is 0 Å². The summed E-state index contributed by atoms with van der Waals surface area (Å²) in [5.74, 6) is 0.742. The largest absolute Gasteiger partial charge is 0.376 e. The molecule has 276 valence electrons. The lowest BCUT2D eigenvalue weighted by atomic mass is 10.6. The van der Waals surface area contributed by atoms with E-state index >= 15 is 0 Å². The number of aromatic nitrogens is 12. The highest BCUT2D eigenvalue weighted by Gasteiger charge is 2.27. The third kappa shape index (κ3) is 9.64. The van der Waals surface area contributed by atoms with Gasteiger partial charge in [-0.05, 0) is 41.5 Å². The van der Waals surface area contributed by atoms with Crippen molar-refractivity contribution in [3.05, 3.63) is 0 Å². The first-order valence-corrected chi connectivity index (χ1v) is 16.5. The van der Waals surface area contributed by atoms with Gasteiger partial charge in [0.15, 0.2) is 0 Å².